The Morgan fingerprint density at radius 2 is 2.35 bits per heavy atom. The molecule has 0 saturated heterocycles. The lowest BCUT2D eigenvalue weighted by Gasteiger charge is -2.14. The highest BCUT2D eigenvalue weighted by Crippen LogP contribution is 2.19. The highest BCUT2D eigenvalue weighted by atomic mass is 32.2. The Bertz CT molecular complexity index is 678. The van der Waals surface area contributed by atoms with Crippen LogP contribution in [0.15, 0.2) is 21.4 Å². The number of aromatic nitrogens is 2. The van der Waals surface area contributed by atoms with Crippen molar-refractivity contribution in [2.75, 3.05) is 6.26 Å². The number of nitrogens with zero attached hydrogens (tertiary/aromatic N) is 2. The molecule has 0 aromatic carbocycles. The minimum absolute atomic E-state index is 0.0141. The van der Waals surface area contributed by atoms with Crippen molar-refractivity contribution in [2.45, 2.75) is 38.0 Å². The maximum Gasteiger partial charge on any atom is 0.272 e. The molecule has 108 valence electrons. The molecule has 2 heterocycles. The fourth-order valence-electron chi connectivity index (χ4n) is 1.78. The molecule has 1 amide bonds. The van der Waals surface area contributed by atoms with E-state index in [9.17, 15) is 9.59 Å². The molecule has 2 aromatic heterocycles. The summed E-state index contributed by atoms with van der Waals surface area (Å²) >= 11 is 2.73. The van der Waals surface area contributed by atoms with Crippen LogP contribution in [0.1, 0.15) is 20.3 Å². The summed E-state index contributed by atoms with van der Waals surface area (Å²) in [6, 6.07) is 1.93. The van der Waals surface area contributed by atoms with Gasteiger partial charge in [-0.15, -0.1) is 11.3 Å². The second kappa shape index (κ2) is 6.41. The van der Waals surface area contributed by atoms with Gasteiger partial charge in [0.05, 0.1) is 5.52 Å². The molecule has 1 unspecified atom stereocenters. The first kappa shape index (κ1) is 15.1. The monoisotopic (exact) mass is 311 g/mol. The summed E-state index contributed by atoms with van der Waals surface area (Å²) in [7, 11) is 0. The molecule has 0 spiro atoms. The lowest BCUT2D eigenvalue weighted by molar-refractivity contribution is -0.122. The normalized spacial score (nSPS) is 12.6. The van der Waals surface area contributed by atoms with E-state index in [0.29, 0.717) is 15.4 Å². The predicted molar refractivity (Wildman–Crippen MR) is 83.6 cm³/mol. The van der Waals surface area contributed by atoms with Crippen molar-refractivity contribution < 1.29 is 4.79 Å². The molecule has 1 N–H and O–H groups in total. The average Bonchev–Trinajstić information content (AvgIpc) is 2.89. The van der Waals surface area contributed by atoms with Gasteiger partial charge >= 0.3 is 0 Å². The van der Waals surface area contributed by atoms with Crippen LogP contribution >= 0.6 is 23.1 Å². The van der Waals surface area contributed by atoms with Gasteiger partial charge in [0, 0.05) is 6.04 Å². The van der Waals surface area contributed by atoms with Crippen LogP contribution in [0, 0.1) is 0 Å². The number of carbonyl (C=O) groups excluding carboxylic acids is 1. The lowest BCUT2D eigenvalue weighted by Crippen LogP contribution is -2.37. The van der Waals surface area contributed by atoms with E-state index in [-0.39, 0.29) is 24.1 Å². The van der Waals surface area contributed by atoms with Crippen LogP contribution in [0.5, 0.6) is 0 Å². The molecule has 0 aliphatic carbocycles. The summed E-state index contributed by atoms with van der Waals surface area (Å²) in [4.78, 5) is 28.8. The number of carbonyl (C=O) groups is 1. The Hall–Kier alpha value is -1.34. The molecule has 20 heavy (non-hydrogen) atoms. The third-order valence-electron chi connectivity index (χ3n) is 3.03. The molecule has 0 radical (unpaired) electrons. The molecule has 2 rings (SSSR count). The van der Waals surface area contributed by atoms with Crippen LogP contribution in [0.4, 0.5) is 0 Å². The van der Waals surface area contributed by atoms with Crippen molar-refractivity contribution in [3.05, 3.63) is 21.8 Å². The molecule has 2 aromatic rings. The zero-order chi connectivity index (χ0) is 14.7. The predicted octanol–water partition coefficient (Wildman–Crippen LogP) is 2.09. The van der Waals surface area contributed by atoms with Crippen molar-refractivity contribution >= 4 is 39.2 Å². The lowest BCUT2D eigenvalue weighted by atomic mass is 10.2. The first-order chi connectivity index (χ1) is 9.56. The Balaban J connectivity index is 2.35. The SMILES string of the molecule is CCC(C)NC(=O)Cn1c(SC)nc2ccsc2c1=O. The van der Waals surface area contributed by atoms with Gasteiger partial charge in [-0.3, -0.25) is 14.2 Å². The summed E-state index contributed by atoms with van der Waals surface area (Å²) in [6.07, 6.45) is 2.71. The Morgan fingerprint density at radius 3 is 3.00 bits per heavy atom. The Labute approximate surface area is 125 Å². The molecule has 0 bridgehead atoms. The van der Waals surface area contributed by atoms with E-state index in [1.165, 1.54) is 27.7 Å². The molecule has 5 nitrogen and oxygen atoms in total. The zero-order valence-corrected chi connectivity index (χ0v) is 13.3. The number of hydrogen-bond acceptors (Lipinski definition) is 5. The van der Waals surface area contributed by atoms with Gasteiger partial charge in [-0.1, -0.05) is 18.7 Å². The molecule has 1 atom stereocenters. The van der Waals surface area contributed by atoms with Gasteiger partial charge in [-0.2, -0.15) is 0 Å². The summed E-state index contributed by atoms with van der Waals surface area (Å²) < 4.78 is 2.04. The highest BCUT2D eigenvalue weighted by molar-refractivity contribution is 7.98. The molecule has 0 fully saturated rings. The Morgan fingerprint density at radius 1 is 1.60 bits per heavy atom. The maximum absolute atomic E-state index is 12.4. The molecular weight excluding hydrogens is 294 g/mol. The molecule has 0 aliphatic heterocycles. The minimum Gasteiger partial charge on any atom is -0.352 e. The largest absolute Gasteiger partial charge is 0.352 e. The standard InChI is InChI=1S/C13H17N3O2S2/c1-4-8(2)14-10(17)7-16-12(18)11-9(5-6-20-11)15-13(16)19-3/h5-6,8H,4,7H2,1-3H3,(H,14,17). The fraction of sp³-hybridized carbons (Fsp3) is 0.462. The topological polar surface area (TPSA) is 64.0 Å². The van der Waals surface area contributed by atoms with Crippen LogP contribution in [-0.2, 0) is 11.3 Å². The third kappa shape index (κ3) is 3.04. The number of fused-ring (bicyclic) bond motifs is 1. The number of thioether (sulfide) groups is 1. The minimum atomic E-state index is -0.158. The summed E-state index contributed by atoms with van der Waals surface area (Å²) in [6.45, 7) is 3.96. The van der Waals surface area contributed by atoms with Gasteiger partial charge in [0.1, 0.15) is 11.2 Å². The van der Waals surface area contributed by atoms with Crippen LogP contribution in [0.2, 0.25) is 0 Å². The van der Waals surface area contributed by atoms with E-state index >= 15 is 0 Å². The number of rotatable bonds is 5. The first-order valence-electron chi connectivity index (χ1n) is 6.38. The van der Waals surface area contributed by atoms with E-state index in [0.717, 1.165) is 6.42 Å². The maximum atomic E-state index is 12.4. The van der Waals surface area contributed by atoms with Gasteiger partial charge in [0.2, 0.25) is 5.91 Å². The van der Waals surface area contributed by atoms with Crippen LogP contribution in [-0.4, -0.2) is 27.8 Å². The number of nitrogens with one attached hydrogen (secondary N) is 1. The number of hydrogen-bond donors (Lipinski definition) is 1. The Kier molecular flexibility index (Phi) is 4.82. The number of thiophene rings is 1. The van der Waals surface area contributed by atoms with Gasteiger partial charge in [-0.05, 0) is 31.0 Å². The smallest absolute Gasteiger partial charge is 0.272 e. The van der Waals surface area contributed by atoms with Crippen molar-refractivity contribution in [3.63, 3.8) is 0 Å². The molecular formula is C13H17N3O2S2. The van der Waals surface area contributed by atoms with Crippen LogP contribution in [0.25, 0.3) is 10.2 Å². The van der Waals surface area contributed by atoms with E-state index in [2.05, 4.69) is 10.3 Å². The molecule has 0 aliphatic rings. The van der Waals surface area contributed by atoms with E-state index in [4.69, 9.17) is 0 Å². The third-order valence-corrected chi connectivity index (χ3v) is 4.60. The molecule has 0 saturated carbocycles. The zero-order valence-electron chi connectivity index (χ0n) is 11.7. The van der Waals surface area contributed by atoms with Crippen molar-refractivity contribution in [1.29, 1.82) is 0 Å². The second-order valence-corrected chi connectivity index (χ2v) is 6.19. The summed E-state index contributed by atoms with van der Waals surface area (Å²) in [5.41, 5.74) is 0.552. The van der Waals surface area contributed by atoms with Gasteiger partial charge in [0.15, 0.2) is 5.16 Å². The van der Waals surface area contributed by atoms with Crippen molar-refractivity contribution in [3.8, 4) is 0 Å². The van der Waals surface area contributed by atoms with Crippen molar-refractivity contribution in [1.82, 2.24) is 14.9 Å². The van der Waals surface area contributed by atoms with Gasteiger partial charge < -0.3 is 5.32 Å². The first-order valence-corrected chi connectivity index (χ1v) is 8.48. The second-order valence-electron chi connectivity index (χ2n) is 4.50. The highest BCUT2D eigenvalue weighted by Gasteiger charge is 2.15. The fourth-order valence-corrected chi connectivity index (χ4v) is 3.12. The van der Waals surface area contributed by atoms with E-state index < -0.39 is 0 Å². The summed E-state index contributed by atoms with van der Waals surface area (Å²) in [5, 5.41) is 5.28. The van der Waals surface area contributed by atoms with E-state index in [1.807, 2.05) is 31.5 Å². The summed E-state index contributed by atoms with van der Waals surface area (Å²) in [5.74, 6) is -0.158. The quantitative estimate of drug-likeness (QED) is 0.678. The average molecular weight is 311 g/mol. The van der Waals surface area contributed by atoms with E-state index in [1.54, 1.807) is 0 Å². The van der Waals surface area contributed by atoms with Gasteiger partial charge in [0.25, 0.3) is 5.56 Å². The molecule has 7 heteroatoms. The number of amides is 1. The van der Waals surface area contributed by atoms with Crippen LogP contribution in [0.3, 0.4) is 0 Å². The van der Waals surface area contributed by atoms with Crippen LogP contribution < -0.4 is 10.9 Å². The van der Waals surface area contributed by atoms with Crippen molar-refractivity contribution in [2.24, 2.45) is 0 Å². The van der Waals surface area contributed by atoms with Gasteiger partial charge in [-0.25, -0.2) is 4.98 Å².